The van der Waals surface area contributed by atoms with Gasteiger partial charge in [0.1, 0.15) is 12.1 Å². The fraction of sp³-hybridized carbons (Fsp3) is 0.474. The molecule has 4 amide bonds. The third-order valence-electron chi connectivity index (χ3n) is 4.50. The summed E-state index contributed by atoms with van der Waals surface area (Å²) >= 11 is 0. The Kier molecular flexibility index (Phi) is 5.88. The first kappa shape index (κ1) is 20.4. The first-order chi connectivity index (χ1) is 12.5. The molecule has 0 aromatic heterocycles. The van der Waals surface area contributed by atoms with E-state index >= 15 is 0 Å². The zero-order valence-corrected chi connectivity index (χ0v) is 16.2. The van der Waals surface area contributed by atoms with Crippen molar-refractivity contribution in [3.05, 3.63) is 34.9 Å². The summed E-state index contributed by atoms with van der Waals surface area (Å²) in [4.78, 5) is 48.4. The minimum absolute atomic E-state index is 0.248. The number of benzene rings is 1. The maximum Gasteiger partial charge on any atom is 0.326 e. The number of hydrogen-bond acceptors (Lipinski definition) is 5. The second kappa shape index (κ2) is 7.77. The van der Waals surface area contributed by atoms with Gasteiger partial charge in [0, 0.05) is 0 Å². The third-order valence-corrected chi connectivity index (χ3v) is 4.50. The second-order valence-electron chi connectivity index (χ2n) is 7.24. The lowest BCUT2D eigenvalue weighted by Crippen LogP contribution is -2.41. The Bertz CT molecular complexity index is 788. The summed E-state index contributed by atoms with van der Waals surface area (Å²) in [5, 5.41) is 5.21. The molecule has 2 N–H and O–H groups in total. The van der Waals surface area contributed by atoms with Gasteiger partial charge in [0.2, 0.25) is 0 Å². The number of ether oxygens (including phenoxy) is 1. The van der Waals surface area contributed by atoms with Crippen molar-refractivity contribution in [2.45, 2.75) is 46.2 Å². The van der Waals surface area contributed by atoms with Gasteiger partial charge in [-0.3, -0.25) is 19.3 Å². The van der Waals surface area contributed by atoms with E-state index < -0.39 is 42.5 Å². The lowest BCUT2D eigenvalue weighted by Gasteiger charge is -2.17. The minimum Gasteiger partial charge on any atom is -0.454 e. The highest BCUT2D eigenvalue weighted by atomic mass is 16.5. The lowest BCUT2D eigenvalue weighted by molar-refractivity contribution is -0.151. The number of carbonyl (C=O) groups excluding carboxylic acids is 4. The fourth-order valence-corrected chi connectivity index (χ4v) is 2.68. The van der Waals surface area contributed by atoms with Gasteiger partial charge in [-0.05, 0) is 51.3 Å². The van der Waals surface area contributed by atoms with Crippen LogP contribution in [0.3, 0.4) is 0 Å². The number of esters is 1. The molecule has 1 heterocycles. The van der Waals surface area contributed by atoms with E-state index in [2.05, 4.69) is 10.6 Å². The molecule has 1 aliphatic rings. The van der Waals surface area contributed by atoms with Gasteiger partial charge in [-0.2, -0.15) is 0 Å². The molecule has 0 radical (unpaired) electrons. The molecule has 0 unspecified atom stereocenters. The standard InChI is InChI=1S/C19H25N3O5/c1-11-6-7-14(8-12(11)2)13(3)20-15(23)10-27-16(24)9-22-17(25)19(4,5)21-18(22)26/h6-8,13H,9-10H2,1-5H3,(H,20,23)(H,21,26)/t13-/m1/s1. The molecule has 1 atom stereocenters. The predicted molar refractivity (Wildman–Crippen MR) is 97.8 cm³/mol. The molecule has 1 aromatic carbocycles. The largest absolute Gasteiger partial charge is 0.454 e. The molecule has 8 heteroatoms. The Morgan fingerprint density at radius 2 is 1.89 bits per heavy atom. The van der Waals surface area contributed by atoms with E-state index in [-0.39, 0.29) is 6.04 Å². The maximum atomic E-state index is 12.0. The van der Waals surface area contributed by atoms with Crippen LogP contribution in [-0.2, 0) is 19.1 Å². The van der Waals surface area contributed by atoms with Crippen molar-refractivity contribution in [3.63, 3.8) is 0 Å². The Morgan fingerprint density at radius 3 is 2.44 bits per heavy atom. The van der Waals surface area contributed by atoms with Crippen molar-refractivity contribution >= 4 is 23.8 Å². The van der Waals surface area contributed by atoms with E-state index in [1.165, 1.54) is 0 Å². The van der Waals surface area contributed by atoms with Gasteiger partial charge in [0.25, 0.3) is 11.8 Å². The van der Waals surface area contributed by atoms with Gasteiger partial charge in [-0.15, -0.1) is 0 Å². The number of amides is 4. The summed E-state index contributed by atoms with van der Waals surface area (Å²) in [7, 11) is 0. The SMILES string of the molecule is Cc1ccc([C@@H](C)NC(=O)COC(=O)CN2C(=O)NC(C)(C)C2=O)cc1C. The quantitative estimate of drug-likeness (QED) is 0.577. The monoisotopic (exact) mass is 375 g/mol. The van der Waals surface area contributed by atoms with Crippen LogP contribution in [0.2, 0.25) is 0 Å². The summed E-state index contributed by atoms with van der Waals surface area (Å²) in [6.07, 6.45) is 0. The number of aryl methyl sites for hydroxylation is 2. The highest BCUT2D eigenvalue weighted by Gasteiger charge is 2.45. The summed E-state index contributed by atoms with van der Waals surface area (Å²) in [6, 6.07) is 4.99. The molecule has 1 fully saturated rings. The van der Waals surface area contributed by atoms with Crippen LogP contribution in [0.25, 0.3) is 0 Å². The fourth-order valence-electron chi connectivity index (χ4n) is 2.68. The number of urea groups is 1. The number of nitrogens with one attached hydrogen (secondary N) is 2. The molecule has 0 bridgehead atoms. The first-order valence-electron chi connectivity index (χ1n) is 8.67. The summed E-state index contributed by atoms with van der Waals surface area (Å²) < 4.78 is 4.89. The van der Waals surface area contributed by atoms with Crippen LogP contribution in [-0.4, -0.2) is 47.4 Å². The van der Waals surface area contributed by atoms with Crippen molar-refractivity contribution in [2.75, 3.05) is 13.2 Å². The summed E-state index contributed by atoms with van der Waals surface area (Å²) in [5.41, 5.74) is 2.17. The van der Waals surface area contributed by atoms with E-state index in [9.17, 15) is 19.2 Å². The van der Waals surface area contributed by atoms with Crippen molar-refractivity contribution in [3.8, 4) is 0 Å². The highest BCUT2D eigenvalue weighted by molar-refractivity contribution is 6.08. The number of carbonyl (C=O) groups is 4. The Hall–Kier alpha value is -2.90. The molecular weight excluding hydrogens is 350 g/mol. The Morgan fingerprint density at radius 1 is 1.22 bits per heavy atom. The second-order valence-corrected chi connectivity index (χ2v) is 7.24. The zero-order chi connectivity index (χ0) is 20.4. The van der Waals surface area contributed by atoms with Crippen LogP contribution in [0, 0.1) is 13.8 Å². The van der Waals surface area contributed by atoms with Crippen LogP contribution < -0.4 is 10.6 Å². The Balaban J connectivity index is 1.83. The number of imide groups is 1. The van der Waals surface area contributed by atoms with E-state index in [4.69, 9.17) is 4.74 Å². The van der Waals surface area contributed by atoms with Gasteiger partial charge in [-0.1, -0.05) is 18.2 Å². The van der Waals surface area contributed by atoms with Crippen LogP contribution >= 0.6 is 0 Å². The number of nitrogens with zero attached hydrogens (tertiary/aromatic N) is 1. The summed E-state index contributed by atoms with van der Waals surface area (Å²) in [5.74, 6) is -1.81. The zero-order valence-electron chi connectivity index (χ0n) is 16.2. The first-order valence-corrected chi connectivity index (χ1v) is 8.67. The highest BCUT2D eigenvalue weighted by Crippen LogP contribution is 2.17. The van der Waals surface area contributed by atoms with Gasteiger partial charge in [0.15, 0.2) is 6.61 Å². The molecule has 27 heavy (non-hydrogen) atoms. The topological polar surface area (TPSA) is 105 Å². The molecule has 1 saturated heterocycles. The molecule has 146 valence electrons. The Labute approximate surface area is 158 Å². The molecule has 0 aliphatic carbocycles. The van der Waals surface area contributed by atoms with Crippen molar-refractivity contribution in [1.29, 1.82) is 0 Å². The number of hydrogen-bond donors (Lipinski definition) is 2. The van der Waals surface area contributed by atoms with E-state index in [1.54, 1.807) is 13.8 Å². The molecule has 2 rings (SSSR count). The van der Waals surface area contributed by atoms with Crippen molar-refractivity contribution < 1.29 is 23.9 Å². The molecule has 1 aliphatic heterocycles. The van der Waals surface area contributed by atoms with Crippen LogP contribution in [0.1, 0.15) is 43.5 Å². The van der Waals surface area contributed by atoms with E-state index in [1.807, 2.05) is 39.0 Å². The average molecular weight is 375 g/mol. The minimum atomic E-state index is -1.06. The maximum absolute atomic E-state index is 12.0. The van der Waals surface area contributed by atoms with Gasteiger partial charge >= 0.3 is 12.0 Å². The normalized spacial score (nSPS) is 16.7. The van der Waals surface area contributed by atoms with Crippen molar-refractivity contribution in [2.24, 2.45) is 0 Å². The molecule has 8 nitrogen and oxygen atoms in total. The smallest absolute Gasteiger partial charge is 0.326 e. The van der Waals surface area contributed by atoms with Crippen LogP contribution in [0.15, 0.2) is 18.2 Å². The molecular formula is C19H25N3O5. The third kappa shape index (κ3) is 4.84. The molecule has 0 saturated carbocycles. The molecule has 1 aromatic rings. The average Bonchev–Trinajstić information content (AvgIpc) is 2.77. The van der Waals surface area contributed by atoms with Crippen LogP contribution in [0.5, 0.6) is 0 Å². The van der Waals surface area contributed by atoms with E-state index in [0.717, 1.165) is 21.6 Å². The summed E-state index contributed by atoms with van der Waals surface area (Å²) in [6.45, 7) is 7.90. The van der Waals surface area contributed by atoms with Gasteiger partial charge < -0.3 is 15.4 Å². The van der Waals surface area contributed by atoms with Gasteiger partial charge in [-0.25, -0.2) is 4.79 Å². The van der Waals surface area contributed by atoms with Crippen LogP contribution in [0.4, 0.5) is 4.79 Å². The molecule has 0 spiro atoms. The van der Waals surface area contributed by atoms with Gasteiger partial charge in [0.05, 0.1) is 6.04 Å². The van der Waals surface area contributed by atoms with Crippen molar-refractivity contribution in [1.82, 2.24) is 15.5 Å². The van der Waals surface area contributed by atoms with E-state index in [0.29, 0.717) is 0 Å². The predicted octanol–water partition coefficient (Wildman–Crippen LogP) is 1.35. The number of rotatable bonds is 6. The lowest BCUT2D eigenvalue weighted by atomic mass is 10.0.